The van der Waals surface area contributed by atoms with E-state index in [1.807, 2.05) is 36.1 Å². The van der Waals surface area contributed by atoms with E-state index in [-0.39, 0.29) is 17.3 Å². The van der Waals surface area contributed by atoms with Crippen molar-refractivity contribution >= 4 is 15.9 Å². The van der Waals surface area contributed by atoms with Crippen molar-refractivity contribution in [3.05, 3.63) is 65.5 Å². The van der Waals surface area contributed by atoms with Gasteiger partial charge in [-0.1, -0.05) is 29.8 Å². The van der Waals surface area contributed by atoms with Crippen LogP contribution in [0.1, 0.15) is 17.5 Å². The summed E-state index contributed by atoms with van der Waals surface area (Å²) in [6.45, 7) is 4.51. The molecular weight excluding hydrogens is 393 g/mol. The Hall–Kier alpha value is -2.29. The molecule has 0 unspecified atom stereocenters. The maximum atomic E-state index is 13.1. The number of hydrogen-bond acceptors (Lipinski definition) is 4. The minimum absolute atomic E-state index is 0.0829. The minimum Gasteiger partial charge on any atom is -0.351 e. The molecule has 3 rings (SSSR count). The molecule has 1 fully saturated rings. The van der Waals surface area contributed by atoms with Crippen LogP contribution in [0.5, 0.6) is 0 Å². The molecule has 2 aromatic rings. The molecule has 0 aliphatic carbocycles. The Morgan fingerprint density at radius 2 is 1.69 bits per heavy atom. The van der Waals surface area contributed by atoms with Crippen molar-refractivity contribution < 1.29 is 17.6 Å². The number of amides is 1. The van der Waals surface area contributed by atoms with Gasteiger partial charge in [-0.3, -0.25) is 9.69 Å². The summed E-state index contributed by atoms with van der Waals surface area (Å²) >= 11 is 0. The summed E-state index contributed by atoms with van der Waals surface area (Å²) in [5.41, 5.74) is 2.21. The van der Waals surface area contributed by atoms with Crippen LogP contribution in [0, 0.1) is 12.7 Å². The van der Waals surface area contributed by atoms with Crippen molar-refractivity contribution in [1.82, 2.24) is 14.5 Å². The van der Waals surface area contributed by atoms with Gasteiger partial charge in [0.25, 0.3) is 0 Å². The Morgan fingerprint density at radius 3 is 2.38 bits per heavy atom. The summed E-state index contributed by atoms with van der Waals surface area (Å²) in [7, 11) is -3.66. The number of nitrogens with zero attached hydrogens (tertiary/aromatic N) is 2. The van der Waals surface area contributed by atoms with E-state index in [9.17, 15) is 17.6 Å². The molecule has 0 bridgehead atoms. The third kappa shape index (κ3) is 5.85. The van der Waals surface area contributed by atoms with E-state index >= 15 is 0 Å². The fourth-order valence-corrected chi connectivity index (χ4v) is 4.74. The van der Waals surface area contributed by atoms with Crippen LogP contribution in [0.25, 0.3) is 0 Å². The predicted molar refractivity (Wildman–Crippen MR) is 109 cm³/mol. The summed E-state index contributed by atoms with van der Waals surface area (Å²) in [4.78, 5) is 14.3. The molecule has 29 heavy (non-hydrogen) atoms. The van der Waals surface area contributed by atoms with Gasteiger partial charge in [0, 0.05) is 26.2 Å². The monoisotopic (exact) mass is 419 g/mol. The lowest BCUT2D eigenvalue weighted by molar-refractivity contribution is -0.122. The second kappa shape index (κ2) is 9.47. The molecule has 1 aliphatic heterocycles. The average Bonchev–Trinajstić information content (AvgIpc) is 2.94. The molecule has 0 saturated carbocycles. The zero-order chi connectivity index (χ0) is 20.9. The number of hydrogen-bond donors (Lipinski definition) is 1. The maximum Gasteiger partial charge on any atom is 0.243 e. The number of halogens is 1. The zero-order valence-electron chi connectivity index (χ0n) is 16.5. The van der Waals surface area contributed by atoms with Gasteiger partial charge in [-0.15, -0.1) is 0 Å². The highest BCUT2D eigenvalue weighted by Crippen LogP contribution is 2.18. The molecule has 1 heterocycles. The van der Waals surface area contributed by atoms with Crippen LogP contribution in [0.15, 0.2) is 53.4 Å². The van der Waals surface area contributed by atoms with Crippen molar-refractivity contribution in [1.29, 1.82) is 0 Å². The summed E-state index contributed by atoms with van der Waals surface area (Å²) in [5, 5.41) is 2.91. The van der Waals surface area contributed by atoms with Gasteiger partial charge in [-0.05, 0) is 49.7 Å². The van der Waals surface area contributed by atoms with Crippen molar-refractivity contribution in [2.45, 2.75) is 24.8 Å². The molecule has 0 spiro atoms. The molecular formula is C21H26FN3O3S. The molecule has 0 atom stereocenters. The number of sulfonamides is 1. The van der Waals surface area contributed by atoms with Crippen LogP contribution in [-0.4, -0.2) is 56.3 Å². The fraction of sp³-hybridized carbons (Fsp3) is 0.381. The zero-order valence-corrected chi connectivity index (χ0v) is 17.3. The van der Waals surface area contributed by atoms with E-state index in [0.29, 0.717) is 39.1 Å². The second-order valence-electron chi connectivity index (χ2n) is 7.25. The normalized spacial score (nSPS) is 16.3. The lowest BCUT2D eigenvalue weighted by Crippen LogP contribution is -2.39. The van der Waals surface area contributed by atoms with Crippen molar-refractivity contribution in [3.8, 4) is 0 Å². The van der Waals surface area contributed by atoms with E-state index in [0.717, 1.165) is 17.7 Å². The smallest absolute Gasteiger partial charge is 0.243 e. The highest BCUT2D eigenvalue weighted by Gasteiger charge is 2.27. The van der Waals surface area contributed by atoms with Gasteiger partial charge in [0.2, 0.25) is 15.9 Å². The van der Waals surface area contributed by atoms with E-state index in [2.05, 4.69) is 5.32 Å². The maximum absolute atomic E-state index is 13.1. The van der Waals surface area contributed by atoms with E-state index < -0.39 is 15.8 Å². The Balaban J connectivity index is 1.52. The first kappa shape index (κ1) is 21.4. The topological polar surface area (TPSA) is 69.7 Å². The van der Waals surface area contributed by atoms with E-state index in [4.69, 9.17) is 0 Å². The largest absolute Gasteiger partial charge is 0.351 e. The first-order chi connectivity index (χ1) is 13.8. The van der Waals surface area contributed by atoms with Gasteiger partial charge in [-0.2, -0.15) is 4.31 Å². The molecule has 1 saturated heterocycles. The summed E-state index contributed by atoms with van der Waals surface area (Å²) in [6, 6.07) is 12.8. The SMILES string of the molecule is Cc1ccc(CNC(=O)CN2CCCN(S(=O)(=O)c3ccc(F)cc3)CC2)cc1. The Morgan fingerprint density at radius 1 is 1.00 bits per heavy atom. The second-order valence-corrected chi connectivity index (χ2v) is 9.19. The first-order valence-corrected chi connectivity index (χ1v) is 11.1. The van der Waals surface area contributed by atoms with Gasteiger partial charge in [0.1, 0.15) is 5.82 Å². The van der Waals surface area contributed by atoms with Gasteiger partial charge in [0.05, 0.1) is 11.4 Å². The molecule has 156 valence electrons. The minimum atomic E-state index is -3.66. The average molecular weight is 420 g/mol. The predicted octanol–water partition coefficient (Wildman–Crippen LogP) is 2.15. The van der Waals surface area contributed by atoms with Crippen LogP contribution in [-0.2, 0) is 21.4 Å². The number of rotatable bonds is 6. The van der Waals surface area contributed by atoms with Gasteiger partial charge >= 0.3 is 0 Å². The van der Waals surface area contributed by atoms with E-state index in [1.165, 1.54) is 22.0 Å². The lowest BCUT2D eigenvalue weighted by Gasteiger charge is -2.21. The number of benzene rings is 2. The number of aryl methyl sites for hydroxylation is 1. The Labute approximate surface area is 171 Å². The van der Waals surface area contributed by atoms with Gasteiger partial charge < -0.3 is 5.32 Å². The Kier molecular flexibility index (Phi) is 7.00. The number of nitrogens with one attached hydrogen (secondary N) is 1. The van der Waals surface area contributed by atoms with Gasteiger partial charge in [0.15, 0.2) is 0 Å². The number of carbonyl (C=O) groups excluding carboxylic acids is 1. The van der Waals surface area contributed by atoms with Crippen LogP contribution < -0.4 is 5.32 Å². The van der Waals surface area contributed by atoms with Crippen molar-refractivity contribution in [3.63, 3.8) is 0 Å². The quantitative estimate of drug-likeness (QED) is 0.779. The highest BCUT2D eigenvalue weighted by molar-refractivity contribution is 7.89. The fourth-order valence-electron chi connectivity index (χ4n) is 3.27. The Bertz CT molecular complexity index is 931. The highest BCUT2D eigenvalue weighted by atomic mass is 32.2. The van der Waals surface area contributed by atoms with Crippen LogP contribution in [0.2, 0.25) is 0 Å². The lowest BCUT2D eigenvalue weighted by atomic mass is 10.1. The summed E-state index contributed by atoms with van der Waals surface area (Å²) < 4.78 is 40.0. The van der Waals surface area contributed by atoms with Crippen LogP contribution in [0.4, 0.5) is 4.39 Å². The molecule has 1 amide bonds. The standard InChI is InChI=1S/C21H26FN3O3S/c1-17-3-5-18(6-4-17)15-23-21(26)16-24-11-2-12-25(14-13-24)29(27,28)20-9-7-19(22)8-10-20/h3-10H,2,11-16H2,1H3,(H,23,26). The van der Waals surface area contributed by atoms with Gasteiger partial charge in [-0.25, -0.2) is 12.8 Å². The summed E-state index contributed by atoms with van der Waals surface area (Å²) in [5.74, 6) is -0.553. The molecule has 8 heteroatoms. The van der Waals surface area contributed by atoms with Crippen LogP contribution >= 0.6 is 0 Å². The molecule has 1 aliphatic rings. The molecule has 2 aromatic carbocycles. The van der Waals surface area contributed by atoms with Crippen molar-refractivity contribution in [2.75, 3.05) is 32.7 Å². The molecule has 0 aromatic heterocycles. The number of carbonyl (C=O) groups is 1. The first-order valence-electron chi connectivity index (χ1n) is 9.65. The molecule has 6 nitrogen and oxygen atoms in total. The van der Waals surface area contributed by atoms with Crippen LogP contribution in [0.3, 0.4) is 0 Å². The summed E-state index contributed by atoms with van der Waals surface area (Å²) in [6.07, 6.45) is 0.631. The van der Waals surface area contributed by atoms with E-state index in [1.54, 1.807) is 0 Å². The van der Waals surface area contributed by atoms with Crippen molar-refractivity contribution in [2.24, 2.45) is 0 Å². The molecule has 1 N–H and O–H groups in total. The third-order valence-electron chi connectivity index (χ3n) is 4.98. The third-order valence-corrected chi connectivity index (χ3v) is 6.89. The molecule has 0 radical (unpaired) electrons.